The highest BCUT2D eigenvalue weighted by atomic mass is 32.2. The second-order valence-electron chi connectivity index (χ2n) is 6.91. The average Bonchev–Trinajstić information content (AvgIpc) is 2.67. The van der Waals surface area contributed by atoms with Crippen LogP contribution >= 0.6 is 0 Å². The Morgan fingerprint density at radius 1 is 1.18 bits per heavy atom. The van der Waals surface area contributed by atoms with E-state index in [0.717, 1.165) is 22.3 Å². The number of ether oxygens (including phenoxy) is 1. The molecule has 0 fully saturated rings. The lowest BCUT2D eigenvalue weighted by Crippen LogP contribution is -2.49. The van der Waals surface area contributed by atoms with Gasteiger partial charge in [-0.3, -0.25) is 4.79 Å². The summed E-state index contributed by atoms with van der Waals surface area (Å²) < 4.78 is 33.0. The van der Waals surface area contributed by atoms with Gasteiger partial charge in [-0.05, 0) is 49.1 Å². The molecule has 6 nitrogen and oxygen atoms in total. The van der Waals surface area contributed by atoms with Crippen molar-refractivity contribution in [3.63, 3.8) is 0 Å². The van der Waals surface area contributed by atoms with Gasteiger partial charge < -0.3 is 9.84 Å². The number of nitrogens with zero attached hydrogens (tertiary/aromatic N) is 1. The van der Waals surface area contributed by atoms with E-state index in [9.17, 15) is 18.3 Å². The highest BCUT2D eigenvalue weighted by Crippen LogP contribution is 2.30. The monoisotopic (exact) mass is 403 g/mol. The molecule has 1 aliphatic rings. The molecule has 0 aliphatic carbocycles. The number of carbonyl (C=O) groups excluding carboxylic acids is 1. The summed E-state index contributed by atoms with van der Waals surface area (Å²) in [6.07, 6.45) is 0.762. The van der Waals surface area contributed by atoms with Gasteiger partial charge in [0, 0.05) is 19.6 Å². The number of hydrogen-bond acceptors (Lipinski definition) is 5. The minimum atomic E-state index is -3.88. The molecule has 1 atom stereocenters. The van der Waals surface area contributed by atoms with Crippen LogP contribution in [0.25, 0.3) is 0 Å². The van der Waals surface area contributed by atoms with E-state index in [4.69, 9.17) is 4.74 Å². The van der Waals surface area contributed by atoms with E-state index in [1.165, 1.54) is 4.31 Å². The predicted molar refractivity (Wildman–Crippen MR) is 105 cm³/mol. The van der Waals surface area contributed by atoms with E-state index in [2.05, 4.69) is 0 Å². The van der Waals surface area contributed by atoms with Crippen molar-refractivity contribution in [1.29, 1.82) is 0 Å². The van der Waals surface area contributed by atoms with Crippen molar-refractivity contribution in [2.75, 3.05) is 13.2 Å². The number of aryl methyl sites for hydroxylation is 1. The summed E-state index contributed by atoms with van der Waals surface area (Å²) in [6, 6.07) is 11.4. The molecule has 1 heterocycles. The van der Waals surface area contributed by atoms with E-state index >= 15 is 0 Å². The number of aliphatic hydroxyl groups excluding tert-OH is 1. The SMILES string of the molecule is CCOC(=O)C1Cc2ccc(CCO)cc2CN1S(=O)(=O)c1ccc(C)cc1. The normalized spacial score (nSPS) is 17.2. The molecular weight excluding hydrogens is 378 g/mol. The Bertz CT molecular complexity index is 953. The van der Waals surface area contributed by atoms with E-state index in [1.807, 2.05) is 25.1 Å². The average molecular weight is 404 g/mol. The number of fused-ring (bicyclic) bond motifs is 1. The van der Waals surface area contributed by atoms with Crippen LogP contribution in [0.5, 0.6) is 0 Å². The van der Waals surface area contributed by atoms with E-state index < -0.39 is 22.0 Å². The van der Waals surface area contributed by atoms with Gasteiger partial charge in [0.1, 0.15) is 6.04 Å². The van der Waals surface area contributed by atoms with Crippen molar-refractivity contribution < 1.29 is 23.1 Å². The molecule has 0 saturated heterocycles. The fraction of sp³-hybridized carbons (Fsp3) is 0.381. The fourth-order valence-corrected chi connectivity index (χ4v) is 4.99. The van der Waals surface area contributed by atoms with E-state index in [-0.39, 0.29) is 31.1 Å². The Balaban J connectivity index is 2.03. The first-order chi connectivity index (χ1) is 13.4. The number of aliphatic hydroxyl groups is 1. The fourth-order valence-electron chi connectivity index (χ4n) is 3.44. The van der Waals surface area contributed by atoms with Crippen molar-refractivity contribution in [2.24, 2.45) is 0 Å². The maximum atomic E-state index is 13.3. The van der Waals surface area contributed by atoms with Crippen LogP contribution in [0.1, 0.15) is 29.2 Å². The lowest BCUT2D eigenvalue weighted by molar-refractivity contribution is -0.148. The molecule has 3 rings (SSSR count). The summed E-state index contributed by atoms with van der Waals surface area (Å²) in [5.41, 5.74) is 3.67. The van der Waals surface area contributed by atoms with Gasteiger partial charge in [-0.25, -0.2) is 8.42 Å². The number of benzene rings is 2. The first-order valence-electron chi connectivity index (χ1n) is 9.33. The van der Waals surface area contributed by atoms with Crippen molar-refractivity contribution in [3.8, 4) is 0 Å². The zero-order valence-corrected chi connectivity index (χ0v) is 16.9. The predicted octanol–water partition coefficient (Wildman–Crippen LogP) is 2.21. The van der Waals surface area contributed by atoms with Crippen LogP contribution in [0, 0.1) is 6.92 Å². The third-order valence-electron chi connectivity index (χ3n) is 4.94. The minimum absolute atomic E-state index is 0.0234. The van der Waals surface area contributed by atoms with Gasteiger partial charge in [0.05, 0.1) is 11.5 Å². The van der Waals surface area contributed by atoms with Crippen LogP contribution in [0.15, 0.2) is 47.4 Å². The van der Waals surface area contributed by atoms with Gasteiger partial charge in [0.25, 0.3) is 0 Å². The third kappa shape index (κ3) is 4.11. The van der Waals surface area contributed by atoms with Crippen LogP contribution in [0.3, 0.4) is 0 Å². The Labute approximate surface area is 165 Å². The molecular formula is C21H25NO5S. The second-order valence-corrected chi connectivity index (χ2v) is 8.80. The molecule has 0 amide bonds. The molecule has 0 bridgehead atoms. The van der Waals surface area contributed by atoms with Crippen LogP contribution in [-0.2, 0) is 38.9 Å². The smallest absolute Gasteiger partial charge is 0.324 e. The summed E-state index contributed by atoms with van der Waals surface area (Å²) in [4.78, 5) is 12.7. The quantitative estimate of drug-likeness (QED) is 0.748. The Morgan fingerprint density at radius 3 is 2.54 bits per heavy atom. The van der Waals surface area contributed by atoms with Crippen molar-refractivity contribution in [1.82, 2.24) is 4.31 Å². The van der Waals surface area contributed by atoms with E-state index in [1.54, 1.807) is 31.2 Å². The summed E-state index contributed by atoms with van der Waals surface area (Å²) in [5.74, 6) is -0.539. The first-order valence-corrected chi connectivity index (χ1v) is 10.8. The topological polar surface area (TPSA) is 83.9 Å². The number of rotatable bonds is 6. The molecule has 1 N–H and O–H groups in total. The lowest BCUT2D eigenvalue weighted by atomic mass is 9.93. The van der Waals surface area contributed by atoms with Gasteiger partial charge in [0.15, 0.2) is 0 Å². The molecule has 2 aromatic rings. The molecule has 0 aromatic heterocycles. The molecule has 2 aromatic carbocycles. The van der Waals surface area contributed by atoms with Crippen molar-refractivity contribution >= 4 is 16.0 Å². The Hall–Kier alpha value is -2.22. The van der Waals surface area contributed by atoms with E-state index in [0.29, 0.717) is 6.42 Å². The zero-order chi connectivity index (χ0) is 20.3. The van der Waals surface area contributed by atoms with Crippen LogP contribution < -0.4 is 0 Å². The highest BCUT2D eigenvalue weighted by Gasteiger charge is 2.40. The number of sulfonamides is 1. The zero-order valence-electron chi connectivity index (χ0n) is 16.1. The molecule has 1 unspecified atom stereocenters. The van der Waals surface area contributed by atoms with Crippen LogP contribution in [0.4, 0.5) is 0 Å². The summed E-state index contributed by atoms with van der Waals surface area (Å²) >= 11 is 0. The maximum Gasteiger partial charge on any atom is 0.324 e. The molecule has 7 heteroatoms. The Kier molecular flexibility index (Phi) is 6.17. The van der Waals surface area contributed by atoms with Gasteiger partial charge in [-0.1, -0.05) is 35.9 Å². The second kappa shape index (κ2) is 8.43. The van der Waals surface area contributed by atoms with Gasteiger partial charge >= 0.3 is 5.97 Å². The van der Waals surface area contributed by atoms with Crippen molar-refractivity contribution in [3.05, 3.63) is 64.7 Å². The Morgan fingerprint density at radius 2 is 1.89 bits per heavy atom. The van der Waals surface area contributed by atoms with Gasteiger partial charge in [-0.15, -0.1) is 0 Å². The van der Waals surface area contributed by atoms with Crippen molar-refractivity contribution in [2.45, 2.75) is 44.2 Å². The summed E-state index contributed by atoms with van der Waals surface area (Å²) in [5, 5.41) is 9.18. The molecule has 0 spiro atoms. The first kappa shape index (κ1) is 20.5. The third-order valence-corrected chi connectivity index (χ3v) is 6.81. The van der Waals surface area contributed by atoms with Crippen LogP contribution in [-0.4, -0.2) is 43.1 Å². The maximum absolute atomic E-state index is 13.3. The lowest BCUT2D eigenvalue weighted by Gasteiger charge is -2.34. The minimum Gasteiger partial charge on any atom is -0.465 e. The molecule has 0 radical (unpaired) electrons. The largest absolute Gasteiger partial charge is 0.465 e. The molecule has 0 saturated carbocycles. The molecule has 28 heavy (non-hydrogen) atoms. The standard InChI is InChI=1S/C21H25NO5S/c1-3-27-21(24)20-13-17-7-6-16(10-11-23)12-18(17)14-22(20)28(25,26)19-8-4-15(2)5-9-19/h4-9,12,20,23H,3,10-11,13-14H2,1-2H3. The molecule has 1 aliphatic heterocycles. The summed E-state index contributed by atoms with van der Waals surface area (Å²) in [6.45, 7) is 3.90. The highest BCUT2D eigenvalue weighted by molar-refractivity contribution is 7.89. The molecule has 150 valence electrons. The van der Waals surface area contributed by atoms with Gasteiger partial charge in [-0.2, -0.15) is 4.31 Å². The van der Waals surface area contributed by atoms with Crippen LogP contribution in [0.2, 0.25) is 0 Å². The summed E-state index contributed by atoms with van der Waals surface area (Å²) in [7, 11) is -3.88. The number of esters is 1. The number of carbonyl (C=O) groups is 1. The number of hydrogen-bond donors (Lipinski definition) is 1. The van der Waals surface area contributed by atoms with Gasteiger partial charge in [0.2, 0.25) is 10.0 Å².